The number of benzene rings is 2. The van der Waals surface area contributed by atoms with Gasteiger partial charge in [-0.1, -0.05) is 23.5 Å². The van der Waals surface area contributed by atoms with Gasteiger partial charge in [-0.15, -0.1) is 11.3 Å². The molecule has 0 saturated heterocycles. The van der Waals surface area contributed by atoms with Crippen molar-refractivity contribution in [3.05, 3.63) is 70.3 Å². The maximum atomic E-state index is 13.6. The predicted molar refractivity (Wildman–Crippen MR) is 152 cm³/mol. The number of rotatable bonds is 8. The van der Waals surface area contributed by atoms with Gasteiger partial charge in [0.2, 0.25) is 4.96 Å². The van der Waals surface area contributed by atoms with E-state index in [2.05, 4.69) is 10.1 Å². The van der Waals surface area contributed by atoms with Crippen LogP contribution in [0.25, 0.3) is 38.0 Å². The number of carbonyl (C=O) groups is 1. The molecular formula is C28H24FN5O4S2. The number of thiazole rings is 1. The predicted octanol–water partition coefficient (Wildman–Crippen LogP) is 6.65. The van der Waals surface area contributed by atoms with E-state index >= 15 is 0 Å². The zero-order chi connectivity index (χ0) is 28.0. The zero-order valence-electron chi connectivity index (χ0n) is 22.0. The summed E-state index contributed by atoms with van der Waals surface area (Å²) in [6, 6.07) is 12.9. The van der Waals surface area contributed by atoms with Crippen molar-refractivity contribution in [2.24, 2.45) is 0 Å². The molecule has 9 nitrogen and oxygen atoms in total. The molecule has 0 spiro atoms. The van der Waals surface area contributed by atoms with Crippen molar-refractivity contribution < 1.29 is 23.1 Å². The number of halogens is 1. The number of nitrogens with zero attached hydrogens (tertiary/aromatic N) is 5. The average molecular weight is 578 g/mol. The molecule has 0 unspecified atom stereocenters. The van der Waals surface area contributed by atoms with E-state index in [-0.39, 0.29) is 12.5 Å². The lowest BCUT2D eigenvalue weighted by molar-refractivity contribution is 0.0827. The van der Waals surface area contributed by atoms with Gasteiger partial charge >= 0.3 is 0 Å². The van der Waals surface area contributed by atoms with Crippen LogP contribution in [0.15, 0.2) is 58.5 Å². The fourth-order valence-electron chi connectivity index (χ4n) is 4.11. The number of ether oxygens (including phenoxy) is 2. The first kappa shape index (κ1) is 26.0. The van der Waals surface area contributed by atoms with Crippen molar-refractivity contribution in [3.63, 3.8) is 0 Å². The number of methoxy groups -OCH3 is 1. The van der Waals surface area contributed by atoms with Gasteiger partial charge in [-0.3, -0.25) is 4.79 Å². The molecule has 0 saturated carbocycles. The molecule has 2 aromatic carbocycles. The summed E-state index contributed by atoms with van der Waals surface area (Å²) in [6.07, 6.45) is 0.564. The number of aromatic nitrogens is 4. The molecule has 0 bridgehead atoms. The van der Waals surface area contributed by atoms with E-state index in [1.165, 1.54) is 29.6 Å². The van der Waals surface area contributed by atoms with Gasteiger partial charge in [0.25, 0.3) is 5.91 Å². The Morgan fingerprint density at radius 2 is 1.98 bits per heavy atom. The quantitative estimate of drug-likeness (QED) is 0.200. The van der Waals surface area contributed by atoms with Crippen LogP contribution in [0.4, 0.5) is 4.39 Å². The van der Waals surface area contributed by atoms with Gasteiger partial charge in [0.1, 0.15) is 34.4 Å². The first-order chi connectivity index (χ1) is 19.3. The number of carbonyl (C=O) groups excluding carboxylic acids is 1. The molecule has 6 aromatic rings. The van der Waals surface area contributed by atoms with Crippen LogP contribution in [0.2, 0.25) is 0 Å². The van der Waals surface area contributed by atoms with Gasteiger partial charge in [0, 0.05) is 42.7 Å². The summed E-state index contributed by atoms with van der Waals surface area (Å²) in [4.78, 5) is 23.6. The highest BCUT2D eigenvalue weighted by Gasteiger charge is 2.19. The summed E-state index contributed by atoms with van der Waals surface area (Å²) in [7, 11) is 5.04. The Labute approximate surface area is 236 Å². The Hall–Kier alpha value is -4.29. The maximum absolute atomic E-state index is 13.6. The fraction of sp³-hybridized carbons (Fsp3) is 0.214. The summed E-state index contributed by atoms with van der Waals surface area (Å²) in [6.45, 7) is 1.69. The Bertz CT molecular complexity index is 1800. The molecule has 0 N–H and O–H groups in total. The van der Waals surface area contributed by atoms with Gasteiger partial charge < -0.3 is 18.8 Å². The highest BCUT2D eigenvalue weighted by Crippen LogP contribution is 2.38. The van der Waals surface area contributed by atoms with Crippen molar-refractivity contribution in [2.45, 2.75) is 19.7 Å². The second kappa shape index (κ2) is 10.4. The highest BCUT2D eigenvalue weighted by molar-refractivity contribution is 7.16. The number of hydrogen-bond donors (Lipinski definition) is 0. The van der Waals surface area contributed by atoms with Crippen LogP contribution in [0.1, 0.15) is 34.2 Å². The molecule has 0 aliphatic rings. The smallest absolute Gasteiger partial charge is 0.253 e. The lowest BCUT2D eigenvalue weighted by Gasteiger charge is -2.10. The average Bonchev–Trinajstić information content (AvgIpc) is 3.73. The summed E-state index contributed by atoms with van der Waals surface area (Å²) in [5.41, 5.74) is 3.49. The molecule has 0 aliphatic heterocycles. The van der Waals surface area contributed by atoms with E-state index < -0.39 is 6.17 Å². The van der Waals surface area contributed by atoms with Crippen LogP contribution < -0.4 is 9.47 Å². The maximum Gasteiger partial charge on any atom is 0.253 e. The lowest BCUT2D eigenvalue weighted by atomic mass is 10.1. The fourth-order valence-corrected chi connectivity index (χ4v) is 5.73. The van der Waals surface area contributed by atoms with E-state index in [0.29, 0.717) is 44.1 Å². The normalized spacial score (nSPS) is 12.2. The molecule has 1 atom stereocenters. The van der Waals surface area contributed by atoms with Crippen LogP contribution in [-0.4, -0.2) is 51.6 Å². The van der Waals surface area contributed by atoms with E-state index in [0.717, 1.165) is 21.7 Å². The number of fused-ring (bicyclic) bond motifs is 2. The Kier molecular flexibility index (Phi) is 6.72. The van der Waals surface area contributed by atoms with Crippen LogP contribution in [0.5, 0.6) is 11.5 Å². The summed E-state index contributed by atoms with van der Waals surface area (Å²) in [5.74, 6) is 1.66. The topological polar surface area (TPSA) is 95.0 Å². The minimum absolute atomic E-state index is 0.0447. The van der Waals surface area contributed by atoms with Crippen molar-refractivity contribution in [1.29, 1.82) is 0 Å². The number of furan rings is 1. The molecule has 4 aromatic heterocycles. The molecule has 0 radical (unpaired) electrons. The Balaban J connectivity index is 1.23. The minimum Gasteiger partial charge on any atom is -0.496 e. The summed E-state index contributed by atoms with van der Waals surface area (Å²) >= 11 is 2.71. The largest absolute Gasteiger partial charge is 0.496 e. The third-order valence-electron chi connectivity index (χ3n) is 6.17. The molecule has 1 amide bonds. The lowest BCUT2D eigenvalue weighted by Crippen LogP contribution is -2.21. The van der Waals surface area contributed by atoms with Crippen LogP contribution in [0.3, 0.4) is 0 Å². The molecule has 0 aliphatic carbocycles. The van der Waals surface area contributed by atoms with Crippen molar-refractivity contribution >= 4 is 44.5 Å². The SMILES string of the molecule is COc1cc(OCc2csc(-c3ccc(C(=O)N(C)C)cc3)n2)c2cc(-c3cn4nc([C@H](C)F)sc4n3)oc2c1. The third kappa shape index (κ3) is 4.91. The molecule has 6 rings (SSSR count). The Morgan fingerprint density at radius 3 is 2.67 bits per heavy atom. The van der Waals surface area contributed by atoms with Crippen molar-refractivity contribution in [1.82, 2.24) is 24.5 Å². The standard InChI is InChI=1S/C28H24FN5O4S2/c1-15(29)25-32-34-12-21(31-28(34)40-25)24-11-20-22(9-19(36-4)10-23(20)38-24)37-13-18-14-39-26(30-18)16-5-7-17(8-6-16)27(35)33(2)3/h5-12,14-15H,13H2,1-4H3/t15-/m0/s1. The highest BCUT2D eigenvalue weighted by atomic mass is 32.1. The second-order valence-electron chi connectivity index (χ2n) is 9.27. The van der Waals surface area contributed by atoms with Gasteiger partial charge in [0.15, 0.2) is 16.9 Å². The van der Waals surface area contributed by atoms with Crippen molar-refractivity contribution in [3.8, 4) is 33.5 Å². The molecule has 204 valence electrons. The summed E-state index contributed by atoms with van der Waals surface area (Å²) < 4.78 is 32.9. The van der Waals surface area contributed by atoms with Crippen molar-refractivity contribution in [2.75, 3.05) is 21.2 Å². The zero-order valence-corrected chi connectivity index (χ0v) is 23.7. The van der Waals surface area contributed by atoms with Gasteiger partial charge in [-0.25, -0.2) is 18.9 Å². The second-order valence-corrected chi connectivity index (χ2v) is 11.1. The Morgan fingerprint density at radius 1 is 1.18 bits per heavy atom. The van der Waals surface area contributed by atoms with E-state index in [4.69, 9.17) is 18.9 Å². The number of hydrogen-bond acceptors (Lipinski definition) is 9. The minimum atomic E-state index is -1.15. The number of imidazole rings is 1. The molecule has 40 heavy (non-hydrogen) atoms. The first-order valence-electron chi connectivity index (χ1n) is 12.3. The van der Waals surface area contributed by atoms with E-state index in [1.807, 2.05) is 23.6 Å². The van der Waals surface area contributed by atoms with Gasteiger partial charge in [-0.05, 0) is 25.1 Å². The third-order valence-corrected chi connectivity index (χ3v) is 8.19. The molecular weight excluding hydrogens is 553 g/mol. The molecule has 0 fully saturated rings. The van der Waals surface area contributed by atoms with E-state index in [9.17, 15) is 9.18 Å². The first-order valence-corrected chi connectivity index (χ1v) is 14.0. The van der Waals surface area contributed by atoms with Crippen LogP contribution in [-0.2, 0) is 6.61 Å². The molecule has 12 heteroatoms. The summed E-state index contributed by atoms with van der Waals surface area (Å²) in [5, 5.41) is 8.17. The van der Waals surface area contributed by atoms with Gasteiger partial charge in [-0.2, -0.15) is 5.10 Å². The molecule has 4 heterocycles. The number of alkyl halides is 1. The monoisotopic (exact) mass is 577 g/mol. The van der Waals surface area contributed by atoms with Gasteiger partial charge in [0.05, 0.1) is 24.4 Å². The number of amides is 1. The van der Waals surface area contributed by atoms with Crippen LogP contribution >= 0.6 is 22.7 Å². The van der Waals surface area contributed by atoms with Crippen LogP contribution in [0, 0.1) is 0 Å². The van der Waals surface area contributed by atoms with E-state index in [1.54, 1.807) is 61.1 Å².